The number of alkyl halides is 2. The average molecular weight is 438 g/mol. The Morgan fingerprint density at radius 2 is 1.84 bits per heavy atom. The van der Waals surface area contributed by atoms with E-state index in [4.69, 9.17) is 9.47 Å². The van der Waals surface area contributed by atoms with Crippen LogP contribution < -0.4 is 14.8 Å². The number of hydrogen-bond acceptors (Lipinski definition) is 7. The van der Waals surface area contributed by atoms with Crippen LogP contribution in [0.5, 0.6) is 11.5 Å². The fourth-order valence-electron chi connectivity index (χ4n) is 2.67. The standard InChI is InChI=1S/C20H20F2N2O7/c1-3-30-19(26)14-9-13(10-15(11-14)24(27)28)18(25)23-7-6-12-4-5-16(29-2)17(8-12)31-20(21)22/h4-5,8-11,20H,3,6-7H2,1-2H3,(H,23,25). The van der Waals surface area contributed by atoms with Crippen LogP contribution >= 0.6 is 0 Å². The second-order valence-corrected chi connectivity index (χ2v) is 6.12. The van der Waals surface area contributed by atoms with Gasteiger partial charge in [0, 0.05) is 24.2 Å². The molecule has 1 amide bonds. The first kappa shape index (κ1) is 23.5. The normalized spacial score (nSPS) is 10.5. The number of carbonyl (C=O) groups is 2. The maximum atomic E-state index is 12.5. The van der Waals surface area contributed by atoms with Crippen LogP contribution in [0.4, 0.5) is 14.5 Å². The summed E-state index contributed by atoms with van der Waals surface area (Å²) in [5.74, 6) is -1.44. The Labute approximate surface area is 176 Å². The van der Waals surface area contributed by atoms with Crippen LogP contribution in [0, 0.1) is 10.1 Å². The number of methoxy groups -OCH3 is 1. The molecule has 0 fully saturated rings. The highest BCUT2D eigenvalue weighted by Crippen LogP contribution is 2.29. The molecule has 1 N–H and O–H groups in total. The summed E-state index contributed by atoms with van der Waals surface area (Å²) in [5.41, 5.74) is -0.0542. The highest BCUT2D eigenvalue weighted by molar-refractivity contribution is 5.99. The van der Waals surface area contributed by atoms with E-state index in [2.05, 4.69) is 10.1 Å². The number of nitro groups is 1. The highest BCUT2D eigenvalue weighted by Gasteiger charge is 2.19. The summed E-state index contributed by atoms with van der Waals surface area (Å²) in [4.78, 5) is 34.7. The molecule has 0 bridgehead atoms. The Morgan fingerprint density at radius 3 is 2.45 bits per heavy atom. The number of esters is 1. The van der Waals surface area contributed by atoms with E-state index in [1.807, 2.05) is 0 Å². The lowest BCUT2D eigenvalue weighted by molar-refractivity contribution is -0.384. The first-order chi connectivity index (χ1) is 14.7. The predicted octanol–water partition coefficient (Wildman–Crippen LogP) is 3.35. The van der Waals surface area contributed by atoms with E-state index in [0.29, 0.717) is 5.56 Å². The summed E-state index contributed by atoms with van der Waals surface area (Å²) in [6, 6.07) is 7.71. The molecule has 0 saturated carbocycles. The van der Waals surface area contributed by atoms with Crippen LogP contribution in [-0.4, -0.2) is 43.7 Å². The fourth-order valence-corrected chi connectivity index (χ4v) is 2.67. The monoisotopic (exact) mass is 438 g/mol. The van der Waals surface area contributed by atoms with Crippen molar-refractivity contribution in [1.29, 1.82) is 0 Å². The summed E-state index contributed by atoms with van der Waals surface area (Å²) in [6.45, 7) is -1.27. The number of hydrogen-bond donors (Lipinski definition) is 1. The van der Waals surface area contributed by atoms with Crippen molar-refractivity contribution in [1.82, 2.24) is 5.32 Å². The van der Waals surface area contributed by atoms with Gasteiger partial charge in [-0.15, -0.1) is 0 Å². The lowest BCUT2D eigenvalue weighted by Crippen LogP contribution is -2.26. The van der Waals surface area contributed by atoms with Gasteiger partial charge in [0.25, 0.3) is 11.6 Å². The molecule has 0 aromatic heterocycles. The van der Waals surface area contributed by atoms with Crippen molar-refractivity contribution in [2.24, 2.45) is 0 Å². The van der Waals surface area contributed by atoms with E-state index in [1.165, 1.54) is 25.3 Å². The second-order valence-electron chi connectivity index (χ2n) is 6.12. The minimum absolute atomic E-state index is 0.0716. The average Bonchev–Trinajstić information content (AvgIpc) is 2.73. The van der Waals surface area contributed by atoms with Crippen LogP contribution in [-0.2, 0) is 11.2 Å². The predicted molar refractivity (Wildman–Crippen MR) is 105 cm³/mol. The molecule has 166 valence electrons. The van der Waals surface area contributed by atoms with Gasteiger partial charge in [-0.1, -0.05) is 6.07 Å². The molecule has 2 rings (SSSR count). The van der Waals surface area contributed by atoms with Crippen LogP contribution in [0.15, 0.2) is 36.4 Å². The summed E-state index contributed by atoms with van der Waals surface area (Å²) < 4.78 is 39.2. The Balaban J connectivity index is 2.10. The zero-order chi connectivity index (χ0) is 23.0. The van der Waals surface area contributed by atoms with E-state index < -0.39 is 29.1 Å². The molecule has 11 heteroatoms. The molecule has 2 aromatic carbocycles. The van der Waals surface area contributed by atoms with E-state index >= 15 is 0 Å². The molecule has 0 unspecified atom stereocenters. The van der Waals surface area contributed by atoms with Crippen molar-refractivity contribution in [3.05, 3.63) is 63.2 Å². The fraction of sp³-hybridized carbons (Fsp3) is 0.300. The molecule has 0 aliphatic carbocycles. The van der Waals surface area contributed by atoms with Crippen molar-refractivity contribution >= 4 is 17.6 Å². The minimum atomic E-state index is -3.02. The molecule has 0 heterocycles. The molecule has 9 nitrogen and oxygen atoms in total. The number of ether oxygens (including phenoxy) is 3. The number of carbonyl (C=O) groups excluding carboxylic acids is 2. The molecule has 0 aliphatic heterocycles. The zero-order valence-corrected chi connectivity index (χ0v) is 16.7. The Kier molecular flexibility index (Phi) is 8.24. The van der Waals surface area contributed by atoms with Gasteiger partial charge in [-0.05, 0) is 37.1 Å². The third-order valence-corrected chi connectivity index (χ3v) is 4.05. The van der Waals surface area contributed by atoms with Gasteiger partial charge in [-0.2, -0.15) is 8.78 Å². The van der Waals surface area contributed by atoms with E-state index in [-0.39, 0.29) is 42.2 Å². The molecule has 0 saturated heterocycles. The van der Waals surface area contributed by atoms with E-state index in [0.717, 1.165) is 12.1 Å². The summed E-state index contributed by atoms with van der Waals surface area (Å²) in [5, 5.41) is 13.7. The van der Waals surface area contributed by atoms with Gasteiger partial charge in [0.1, 0.15) is 0 Å². The van der Waals surface area contributed by atoms with Crippen molar-refractivity contribution in [3.8, 4) is 11.5 Å². The van der Waals surface area contributed by atoms with Crippen molar-refractivity contribution in [3.63, 3.8) is 0 Å². The lowest BCUT2D eigenvalue weighted by Gasteiger charge is -2.12. The van der Waals surface area contributed by atoms with Crippen molar-refractivity contribution in [2.75, 3.05) is 20.3 Å². The van der Waals surface area contributed by atoms with E-state index in [9.17, 15) is 28.5 Å². The van der Waals surface area contributed by atoms with Crippen molar-refractivity contribution in [2.45, 2.75) is 20.0 Å². The summed E-state index contributed by atoms with van der Waals surface area (Å²) in [7, 11) is 1.32. The number of nitrogens with zero attached hydrogens (tertiary/aromatic N) is 1. The summed E-state index contributed by atoms with van der Waals surface area (Å²) in [6.07, 6.45) is 0.259. The highest BCUT2D eigenvalue weighted by atomic mass is 19.3. The van der Waals surface area contributed by atoms with Crippen LogP contribution in [0.2, 0.25) is 0 Å². The van der Waals surface area contributed by atoms with Gasteiger partial charge >= 0.3 is 12.6 Å². The lowest BCUT2D eigenvalue weighted by atomic mass is 10.1. The van der Waals surface area contributed by atoms with E-state index in [1.54, 1.807) is 13.0 Å². The van der Waals surface area contributed by atoms with Gasteiger partial charge < -0.3 is 19.5 Å². The second kappa shape index (κ2) is 10.9. The van der Waals surface area contributed by atoms with Gasteiger partial charge in [0.05, 0.1) is 24.2 Å². The number of halogens is 2. The third kappa shape index (κ3) is 6.63. The smallest absolute Gasteiger partial charge is 0.387 e. The molecule has 31 heavy (non-hydrogen) atoms. The Bertz CT molecular complexity index is 967. The van der Waals surface area contributed by atoms with Crippen LogP contribution in [0.1, 0.15) is 33.2 Å². The maximum Gasteiger partial charge on any atom is 0.387 e. The topological polar surface area (TPSA) is 117 Å². The molecular formula is C20H20F2N2O7. The zero-order valence-electron chi connectivity index (χ0n) is 16.7. The van der Waals surface area contributed by atoms with Gasteiger partial charge in [0.2, 0.25) is 0 Å². The third-order valence-electron chi connectivity index (χ3n) is 4.05. The number of non-ortho nitro benzene ring substituents is 1. The Hall–Kier alpha value is -3.76. The minimum Gasteiger partial charge on any atom is -0.493 e. The van der Waals surface area contributed by atoms with Gasteiger partial charge in [0.15, 0.2) is 11.5 Å². The van der Waals surface area contributed by atoms with Crippen LogP contribution in [0.3, 0.4) is 0 Å². The molecular weight excluding hydrogens is 418 g/mol. The molecule has 0 atom stereocenters. The van der Waals surface area contributed by atoms with Crippen molar-refractivity contribution < 1.29 is 37.5 Å². The molecule has 0 spiro atoms. The molecule has 0 aliphatic rings. The van der Waals surface area contributed by atoms with Gasteiger partial charge in [-0.25, -0.2) is 4.79 Å². The molecule has 0 radical (unpaired) electrons. The summed E-state index contributed by atoms with van der Waals surface area (Å²) >= 11 is 0. The quantitative estimate of drug-likeness (QED) is 0.343. The number of rotatable bonds is 10. The van der Waals surface area contributed by atoms with Crippen LogP contribution in [0.25, 0.3) is 0 Å². The molecule has 2 aromatic rings. The number of amides is 1. The number of nitro benzene ring substituents is 1. The number of benzene rings is 2. The maximum absolute atomic E-state index is 12.5. The largest absolute Gasteiger partial charge is 0.493 e. The first-order valence-corrected chi connectivity index (χ1v) is 9.11. The number of nitrogens with one attached hydrogen (secondary N) is 1. The Morgan fingerprint density at radius 1 is 1.13 bits per heavy atom. The SMILES string of the molecule is CCOC(=O)c1cc(C(=O)NCCc2ccc(OC)c(OC(F)F)c2)cc([N+](=O)[O-])c1. The van der Waals surface area contributed by atoms with Gasteiger partial charge in [-0.3, -0.25) is 14.9 Å². The first-order valence-electron chi connectivity index (χ1n) is 9.11.